The van der Waals surface area contributed by atoms with E-state index in [-0.39, 0.29) is 6.10 Å². The van der Waals surface area contributed by atoms with Gasteiger partial charge >= 0.3 is 0 Å². The SMILES string of the molecule is CCCCN(CC)[C@@H]1CCCC[C@H]1O. The van der Waals surface area contributed by atoms with Crippen LogP contribution in [0.4, 0.5) is 0 Å². The highest BCUT2D eigenvalue weighted by Gasteiger charge is 2.27. The van der Waals surface area contributed by atoms with Crippen LogP contribution in [-0.4, -0.2) is 35.2 Å². The van der Waals surface area contributed by atoms with Gasteiger partial charge in [-0.15, -0.1) is 0 Å². The molecule has 0 aromatic rings. The van der Waals surface area contributed by atoms with Crippen LogP contribution in [0, 0.1) is 0 Å². The minimum Gasteiger partial charge on any atom is -0.391 e. The lowest BCUT2D eigenvalue weighted by molar-refractivity contribution is 0.0216. The molecule has 2 atom stereocenters. The number of nitrogens with zero attached hydrogens (tertiary/aromatic N) is 1. The van der Waals surface area contributed by atoms with E-state index in [1.54, 1.807) is 0 Å². The Balaban J connectivity index is 2.40. The highest BCUT2D eigenvalue weighted by atomic mass is 16.3. The molecule has 0 amide bonds. The van der Waals surface area contributed by atoms with Crippen LogP contribution in [0.5, 0.6) is 0 Å². The number of aliphatic hydroxyl groups excluding tert-OH is 1. The summed E-state index contributed by atoms with van der Waals surface area (Å²) in [7, 11) is 0. The van der Waals surface area contributed by atoms with Crippen molar-refractivity contribution in [3.8, 4) is 0 Å². The zero-order valence-electron chi connectivity index (χ0n) is 9.71. The molecule has 0 aliphatic heterocycles. The molecule has 1 rings (SSSR count). The summed E-state index contributed by atoms with van der Waals surface area (Å²) in [5.41, 5.74) is 0. The second-order valence-electron chi connectivity index (χ2n) is 4.40. The molecule has 0 saturated heterocycles. The fraction of sp³-hybridized carbons (Fsp3) is 1.00. The van der Waals surface area contributed by atoms with Crippen molar-refractivity contribution >= 4 is 0 Å². The first-order chi connectivity index (χ1) is 6.79. The zero-order valence-corrected chi connectivity index (χ0v) is 9.71. The van der Waals surface area contributed by atoms with Gasteiger partial charge in [0.1, 0.15) is 0 Å². The van der Waals surface area contributed by atoms with Crippen molar-refractivity contribution in [2.24, 2.45) is 0 Å². The summed E-state index contributed by atoms with van der Waals surface area (Å²) in [6.07, 6.45) is 7.15. The summed E-state index contributed by atoms with van der Waals surface area (Å²) in [5.74, 6) is 0. The Labute approximate surface area is 88.3 Å². The van der Waals surface area contributed by atoms with Crippen molar-refractivity contribution in [3.05, 3.63) is 0 Å². The van der Waals surface area contributed by atoms with Crippen LogP contribution in [0.15, 0.2) is 0 Å². The lowest BCUT2D eigenvalue weighted by Crippen LogP contribution is -2.45. The van der Waals surface area contributed by atoms with Crippen LogP contribution in [0.25, 0.3) is 0 Å². The van der Waals surface area contributed by atoms with Crippen molar-refractivity contribution in [1.29, 1.82) is 0 Å². The third kappa shape index (κ3) is 3.25. The fourth-order valence-corrected chi connectivity index (χ4v) is 2.44. The molecule has 0 radical (unpaired) electrons. The number of hydrogen-bond donors (Lipinski definition) is 1. The second-order valence-corrected chi connectivity index (χ2v) is 4.40. The predicted molar refractivity (Wildman–Crippen MR) is 60.4 cm³/mol. The van der Waals surface area contributed by atoms with Gasteiger partial charge in [0.15, 0.2) is 0 Å². The van der Waals surface area contributed by atoms with Crippen LogP contribution >= 0.6 is 0 Å². The molecule has 1 N–H and O–H groups in total. The van der Waals surface area contributed by atoms with E-state index in [1.165, 1.54) is 32.1 Å². The molecule has 1 aliphatic rings. The van der Waals surface area contributed by atoms with Gasteiger partial charge in [0, 0.05) is 6.04 Å². The van der Waals surface area contributed by atoms with Crippen LogP contribution in [0.2, 0.25) is 0 Å². The Morgan fingerprint density at radius 3 is 2.50 bits per heavy atom. The third-order valence-electron chi connectivity index (χ3n) is 3.37. The molecule has 1 fully saturated rings. The van der Waals surface area contributed by atoms with E-state index in [4.69, 9.17) is 0 Å². The summed E-state index contributed by atoms with van der Waals surface area (Å²) in [6, 6.07) is 0.445. The van der Waals surface area contributed by atoms with E-state index < -0.39 is 0 Å². The molecule has 2 nitrogen and oxygen atoms in total. The van der Waals surface area contributed by atoms with E-state index >= 15 is 0 Å². The van der Waals surface area contributed by atoms with Crippen molar-refractivity contribution in [2.45, 2.75) is 64.5 Å². The third-order valence-corrected chi connectivity index (χ3v) is 3.37. The summed E-state index contributed by atoms with van der Waals surface area (Å²) in [4.78, 5) is 2.47. The largest absolute Gasteiger partial charge is 0.391 e. The Morgan fingerprint density at radius 2 is 1.93 bits per heavy atom. The lowest BCUT2D eigenvalue weighted by atomic mass is 9.91. The van der Waals surface area contributed by atoms with E-state index in [9.17, 15) is 5.11 Å². The molecule has 0 unspecified atom stereocenters. The molecule has 0 aromatic carbocycles. The van der Waals surface area contributed by atoms with Gasteiger partial charge in [-0.1, -0.05) is 33.1 Å². The van der Waals surface area contributed by atoms with Crippen molar-refractivity contribution < 1.29 is 5.11 Å². The van der Waals surface area contributed by atoms with E-state index in [2.05, 4.69) is 18.7 Å². The maximum absolute atomic E-state index is 9.93. The van der Waals surface area contributed by atoms with Crippen molar-refractivity contribution in [2.75, 3.05) is 13.1 Å². The van der Waals surface area contributed by atoms with Crippen molar-refractivity contribution in [3.63, 3.8) is 0 Å². The zero-order chi connectivity index (χ0) is 10.4. The fourth-order valence-electron chi connectivity index (χ4n) is 2.44. The summed E-state index contributed by atoms with van der Waals surface area (Å²) in [5, 5.41) is 9.93. The van der Waals surface area contributed by atoms with Crippen molar-refractivity contribution in [1.82, 2.24) is 4.90 Å². The molecule has 2 heteroatoms. The lowest BCUT2D eigenvalue weighted by Gasteiger charge is -2.37. The molecule has 14 heavy (non-hydrogen) atoms. The first-order valence-electron chi connectivity index (χ1n) is 6.21. The first kappa shape index (κ1) is 12.0. The molecule has 0 bridgehead atoms. The maximum Gasteiger partial charge on any atom is 0.0695 e. The number of likely N-dealkylation sites (N-methyl/N-ethyl adjacent to an activating group) is 1. The number of unbranched alkanes of at least 4 members (excludes halogenated alkanes) is 1. The molecule has 0 heterocycles. The minimum absolute atomic E-state index is 0.0689. The summed E-state index contributed by atoms with van der Waals surface area (Å²) < 4.78 is 0. The first-order valence-corrected chi connectivity index (χ1v) is 6.21. The molecule has 84 valence electrons. The topological polar surface area (TPSA) is 23.5 Å². The second kappa shape index (κ2) is 6.41. The smallest absolute Gasteiger partial charge is 0.0695 e. The van der Waals surface area contributed by atoms with Gasteiger partial charge in [0.25, 0.3) is 0 Å². The summed E-state index contributed by atoms with van der Waals surface area (Å²) in [6.45, 7) is 6.68. The van der Waals surface area contributed by atoms with Gasteiger partial charge < -0.3 is 5.11 Å². The predicted octanol–water partition coefficient (Wildman–Crippen LogP) is 2.41. The minimum atomic E-state index is -0.0689. The summed E-state index contributed by atoms with van der Waals surface area (Å²) >= 11 is 0. The van der Waals surface area contributed by atoms with Gasteiger partial charge in [0.05, 0.1) is 6.10 Å². The Hall–Kier alpha value is -0.0800. The van der Waals surface area contributed by atoms with Crippen LogP contribution in [0.3, 0.4) is 0 Å². The quantitative estimate of drug-likeness (QED) is 0.735. The maximum atomic E-state index is 9.93. The molecule has 0 spiro atoms. The Bertz CT molecular complexity index is 149. The normalized spacial score (nSPS) is 28.3. The number of hydrogen-bond acceptors (Lipinski definition) is 2. The average molecular weight is 199 g/mol. The molecule has 1 aliphatic carbocycles. The van der Waals surface area contributed by atoms with Crippen LogP contribution < -0.4 is 0 Å². The number of rotatable bonds is 5. The standard InChI is InChI=1S/C12H25NO/c1-3-5-10-13(4-2)11-8-6-7-9-12(11)14/h11-12,14H,3-10H2,1-2H3/t11-,12-/m1/s1. The Kier molecular flexibility index (Phi) is 5.49. The average Bonchev–Trinajstić information content (AvgIpc) is 2.21. The number of aliphatic hydroxyl groups is 1. The van der Waals surface area contributed by atoms with Gasteiger partial charge in [-0.05, 0) is 32.4 Å². The van der Waals surface area contributed by atoms with E-state index in [0.29, 0.717) is 6.04 Å². The van der Waals surface area contributed by atoms with Crippen LogP contribution in [-0.2, 0) is 0 Å². The molecule has 0 aromatic heterocycles. The van der Waals surface area contributed by atoms with Crippen LogP contribution in [0.1, 0.15) is 52.4 Å². The van der Waals surface area contributed by atoms with E-state index in [1.807, 2.05) is 0 Å². The molecular formula is C12H25NO. The van der Waals surface area contributed by atoms with E-state index in [0.717, 1.165) is 19.5 Å². The highest BCUT2D eigenvalue weighted by Crippen LogP contribution is 2.23. The molecular weight excluding hydrogens is 174 g/mol. The Morgan fingerprint density at radius 1 is 1.21 bits per heavy atom. The van der Waals surface area contributed by atoms with Gasteiger partial charge in [0.2, 0.25) is 0 Å². The van der Waals surface area contributed by atoms with Gasteiger partial charge in [-0.2, -0.15) is 0 Å². The molecule has 1 saturated carbocycles. The van der Waals surface area contributed by atoms with Gasteiger partial charge in [-0.25, -0.2) is 0 Å². The van der Waals surface area contributed by atoms with Gasteiger partial charge in [-0.3, -0.25) is 4.90 Å². The highest BCUT2D eigenvalue weighted by molar-refractivity contribution is 4.82. The monoisotopic (exact) mass is 199 g/mol.